The third-order valence-electron chi connectivity index (χ3n) is 8.10. The fourth-order valence-corrected chi connectivity index (χ4v) is 5.44. The van der Waals surface area contributed by atoms with Gasteiger partial charge in [-0.25, -0.2) is 0 Å². The molecule has 0 amide bonds. The highest BCUT2D eigenvalue weighted by molar-refractivity contribution is 5.18. The third kappa shape index (κ3) is 18.9. The highest BCUT2D eigenvalue weighted by Gasteiger charge is 2.19. The molecule has 300 valence electrons. The molecule has 0 aromatic carbocycles. The van der Waals surface area contributed by atoms with E-state index in [0.717, 1.165) is 22.8 Å². The van der Waals surface area contributed by atoms with Crippen LogP contribution in [0.4, 0.5) is 0 Å². The summed E-state index contributed by atoms with van der Waals surface area (Å²) < 4.78 is 58.9. The molecule has 12 heteroatoms. The Hall–Kier alpha value is -3.14. The standard InChI is InChI=1S/C42H62N2O10/c1-5-11-39-35-15-9-16-36(43-35)40(12-6-2)52-32-28-48-25-21-46-22-26-50-30-34-54-42(14-8-4)38-18-10-17-37(44-38)41(13-7-3)53-33-29-49-24-20-45-19-23-47-27-31-51-39/h5-10,15-18,39-42H,1-4,11-14,19-34H2/t39-,40-,41-,42-/m1/s1. The maximum atomic E-state index is 6.15. The van der Waals surface area contributed by atoms with Crippen LogP contribution in [0.5, 0.6) is 0 Å². The Morgan fingerprint density at radius 1 is 0.370 bits per heavy atom. The minimum Gasteiger partial charge on any atom is -0.377 e. The monoisotopic (exact) mass is 754 g/mol. The molecule has 2 aromatic heterocycles. The second-order valence-corrected chi connectivity index (χ2v) is 12.2. The van der Waals surface area contributed by atoms with Crippen molar-refractivity contribution in [3.63, 3.8) is 0 Å². The molecular weight excluding hydrogens is 692 g/mol. The number of aromatic nitrogens is 2. The van der Waals surface area contributed by atoms with E-state index in [9.17, 15) is 0 Å². The van der Waals surface area contributed by atoms with Gasteiger partial charge in [0.25, 0.3) is 0 Å². The maximum Gasteiger partial charge on any atom is 0.103 e. The summed E-state index contributed by atoms with van der Waals surface area (Å²) in [5, 5.41) is 0. The maximum absolute atomic E-state index is 6.15. The number of hydrogen-bond donors (Lipinski definition) is 0. The van der Waals surface area contributed by atoms with Crippen molar-refractivity contribution in [2.24, 2.45) is 0 Å². The highest BCUT2D eigenvalue weighted by Crippen LogP contribution is 2.26. The zero-order valence-corrected chi connectivity index (χ0v) is 32.0. The van der Waals surface area contributed by atoms with Crippen molar-refractivity contribution in [3.8, 4) is 0 Å². The first-order valence-electron chi connectivity index (χ1n) is 19.0. The normalized spacial score (nSPS) is 23.7. The van der Waals surface area contributed by atoms with Crippen molar-refractivity contribution < 1.29 is 47.4 Å². The minimum absolute atomic E-state index is 0.255. The van der Waals surface area contributed by atoms with Gasteiger partial charge in [0.15, 0.2) is 0 Å². The lowest BCUT2D eigenvalue weighted by Gasteiger charge is -2.20. The van der Waals surface area contributed by atoms with Gasteiger partial charge in [-0.15, -0.1) is 26.3 Å². The Bertz CT molecular complexity index is 1110. The summed E-state index contributed by atoms with van der Waals surface area (Å²) in [6.45, 7) is 22.6. The van der Waals surface area contributed by atoms with E-state index in [1.807, 2.05) is 60.7 Å². The van der Waals surface area contributed by atoms with E-state index in [0.29, 0.717) is 131 Å². The quantitative estimate of drug-likeness (QED) is 0.263. The van der Waals surface area contributed by atoms with Crippen molar-refractivity contribution in [1.82, 2.24) is 9.97 Å². The van der Waals surface area contributed by atoms with E-state index in [1.165, 1.54) is 0 Å². The molecule has 3 rings (SSSR count). The third-order valence-corrected chi connectivity index (χ3v) is 8.10. The first kappa shape index (κ1) is 45.3. The van der Waals surface area contributed by atoms with Crippen molar-refractivity contribution in [1.29, 1.82) is 0 Å². The van der Waals surface area contributed by atoms with Crippen LogP contribution in [-0.4, -0.2) is 116 Å². The van der Waals surface area contributed by atoms with Crippen LogP contribution in [0.3, 0.4) is 0 Å². The zero-order valence-electron chi connectivity index (χ0n) is 32.0. The van der Waals surface area contributed by atoms with Crippen LogP contribution in [0.1, 0.15) is 72.9 Å². The van der Waals surface area contributed by atoms with Crippen molar-refractivity contribution in [2.45, 2.75) is 50.1 Å². The fraction of sp³-hybridized carbons (Fsp3) is 0.571. The number of rotatable bonds is 8. The van der Waals surface area contributed by atoms with Crippen molar-refractivity contribution >= 4 is 0 Å². The number of pyridine rings is 2. The average molecular weight is 755 g/mol. The summed E-state index contributed by atoms with van der Waals surface area (Å²) in [7, 11) is 0. The molecule has 0 N–H and O–H groups in total. The van der Waals surface area contributed by atoms with Gasteiger partial charge in [-0.3, -0.25) is 9.97 Å². The van der Waals surface area contributed by atoms with E-state index in [2.05, 4.69) is 26.3 Å². The lowest BCUT2D eigenvalue weighted by atomic mass is 10.1. The molecule has 54 heavy (non-hydrogen) atoms. The largest absolute Gasteiger partial charge is 0.377 e. The Morgan fingerprint density at radius 2 is 0.574 bits per heavy atom. The van der Waals surface area contributed by atoms with Gasteiger partial charge in [0, 0.05) is 0 Å². The van der Waals surface area contributed by atoms with Gasteiger partial charge in [0.05, 0.1) is 128 Å². The molecule has 4 bridgehead atoms. The predicted molar refractivity (Wildman–Crippen MR) is 207 cm³/mol. The number of nitrogens with zero attached hydrogens (tertiary/aromatic N) is 2. The van der Waals surface area contributed by atoms with Crippen LogP contribution >= 0.6 is 0 Å². The predicted octanol–water partition coefficient (Wildman–Crippen LogP) is 6.83. The summed E-state index contributed by atoms with van der Waals surface area (Å²) in [5.74, 6) is 0. The molecule has 0 radical (unpaired) electrons. The number of fused-ring (bicyclic) bond motifs is 4. The molecule has 2 aromatic rings. The van der Waals surface area contributed by atoms with E-state index < -0.39 is 0 Å². The minimum atomic E-state index is -0.255. The van der Waals surface area contributed by atoms with Gasteiger partial charge in [0.1, 0.15) is 24.4 Å². The van der Waals surface area contributed by atoms with Crippen molar-refractivity contribution in [2.75, 3.05) is 106 Å². The van der Waals surface area contributed by atoms with Crippen LogP contribution in [0.2, 0.25) is 0 Å². The van der Waals surface area contributed by atoms with Gasteiger partial charge in [-0.2, -0.15) is 0 Å². The van der Waals surface area contributed by atoms with Crippen LogP contribution < -0.4 is 0 Å². The van der Waals surface area contributed by atoms with E-state index >= 15 is 0 Å². The summed E-state index contributed by atoms with van der Waals surface area (Å²) in [6.07, 6.45) is 8.76. The second kappa shape index (κ2) is 30.1. The van der Waals surface area contributed by atoms with Gasteiger partial charge >= 0.3 is 0 Å². The highest BCUT2D eigenvalue weighted by atomic mass is 16.6. The second-order valence-electron chi connectivity index (χ2n) is 12.2. The molecule has 0 unspecified atom stereocenters. The van der Waals surface area contributed by atoms with E-state index in [4.69, 9.17) is 57.3 Å². The Morgan fingerprint density at radius 3 is 0.778 bits per heavy atom. The molecular formula is C42H62N2O10. The average Bonchev–Trinajstić information content (AvgIpc) is 3.19. The SMILES string of the molecule is C=CC[C@H]1OCCOCCOCCOCCO[C@H](CC=C)c2cccc(n2)[C@@H](CC=C)OCCOCCOCCOCCO[C@H](CC=C)c2cccc1n2. The van der Waals surface area contributed by atoms with Gasteiger partial charge in [0.2, 0.25) is 0 Å². The molecule has 3 heterocycles. The topological polar surface area (TPSA) is 118 Å². The zero-order chi connectivity index (χ0) is 38.3. The molecule has 0 spiro atoms. The summed E-state index contributed by atoms with van der Waals surface area (Å²) in [5.41, 5.74) is 3.24. The van der Waals surface area contributed by atoms with Crippen LogP contribution in [0.25, 0.3) is 0 Å². The molecule has 1 aliphatic rings. The molecule has 0 aliphatic carbocycles. The smallest absolute Gasteiger partial charge is 0.103 e. The molecule has 0 saturated carbocycles. The van der Waals surface area contributed by atoms with Gasteiger partial charge in [-0.1, -0.05) is 36.4 Å². The van der Waals surface area contributed by atoms with Crippen LogP contribution in [0, 0.1) is 0 Å². The van der Waals surface area contributed by atoms with Crippen molar-refractivity contribution in [3.05, 3.63) is 110 Å². The first-order valence-corrected chi connectivity index (χ1v) is 19.0. The summed E-state index contributed by atoms with van der Waals surface area (Å²) in [4.78, 5) is 9.78. The molecule has 0 saturated heterocycles. The molecule has 4 atom stereocenters. The fourth-order valence-electron chi connectivity index (χ4n) is 5.44. The molecule has 12 nitrogen and oxygen atoms in total. The number of hydrogen-bond acceptors (Lipinski definition) is 12. The summed E-state index contributed by atoms with van der Waals surface area (Å²) in [6, 6.07) is 11.8. The Labute approximate surface area is 322 Å². The van der Waals surface area contributed by atoms with Gasteiger partial charge in [-0.05, 0) is 49.9 Å². The lowest BCUT2D eigenvalue weighted by molar-refractivity contribution is -0.0321. The van der Waals surface area contributed by atoms with E-state index in [1.54, 1.807) is 0 Å². The van der Waals surface area contributed by atoms with Crippen LogP contribution in [0.15, 0.2) is 87.0 Å². The lowest BCUT2D eigenvalue weighted by Crippen LogP contribution is -2.17. The summed E-state index contributed by atoms with van der Waals surface area (Å²) >= 11 is 0. The molecule has 0 fully saturated rings. The molecule has 1 aliphatic heterocycles. The van der Waals surface area contributed by atoms with Gasteiger partial charge < -0.3 is 47.4 Å². The first-order chi connectivity index (χ1) is 26.7. The van der Waals surface area contributed by atoms with Crippen LogP contribution in [-0.2, 0) is 47.4 Å². The Balaban J connectivity index is 1.54. The number of ether oxygens (including phenoxy) is 10. The van der Waals surface area contributed by atoms with E-state index in [-0.39, 0.29) is 24.4 Å². The Kier molecular flexibility index (Phi) is 25.2.